The summed E-state index contributed by atoms with van der Waals surface area (Å²) >= 11 is 11.5. The number of halogens is 1. The van der Waals surface area contributed by atoms with Gasteiger partial charge in [-0.25, -0.2) is 0 Å². The molecule has 0 aliphatic carbocycles. The molecule has 5 nitrogen and oxygen atoms in total. The van der Waals surface area contributed by atoms with Crippen LogP contribution in [0.25, 0.3) is 10.8 Å². The van der Waals surface area contributed by atoms with E-state index < -0.39 is 4.92 Å². The van der Waals surface area contributed by atoms with E-state index in [-0.39, 0.29) is 11.7 Å². The normalized spacial score (nSPS) is 11.8. The fraction of sp³-hybridized carbons (Fsp3) is 0.105. The molecule has 3 rings (SSSR count). The Hall–Kier alpha value is -2.70. The molecule has 3 aromatic carbocycles. The van der Waals surface area contributed by atoms with Crippen molar-refractivity contribution < 1.29 is 4.92 Å². The van der Waals surface area contributed by atoms with Gasteiger partial charge in [0.2, 0.25) is 0 Å². The maximum atomic E-state index is 10.9. The van der Waals surface area contributed by atoms with Gasteiger partial charge in [-0.2, -0.15) is 0 Å². The third-order valence-corrected chi connectivity index (χ3v) is 4.60. The van der Waals surface area contributed by atoms with Crippen LogP contribution >= 0.6 is 23.8 Å². The Kier molecular flexibility index (Phi) is 5.35. The van der Waals surface area contributed by atoms with Gasteiger partial charge in [-0.05, 0) is 41.5 Å². The average Bonchev–Trinajstić information content (AvgIpc) is 2.62. The van der Waals surface area contributed by atoms with E-state index in [9.17, 15) is 10.1 Å². The summed E-state index contributed by atoms with van der Waals surface area (Å²) in [5.41, 5.74) is 1.45. The predicted molar refractivity (Wildman–Crippen MR) is 110 cm³/mol. The molecule has 3 aromatic rings. The highest BCUT2D eigenvalue weighted by molar-refractivity contribution is 7.80. The number of thiocarbonyl (C=S) groups is 1. The molecule has 0 unspecified atom stereocenters. The van der Waals surface area contributed by atoms with Crippen LogP contribution in [0.5, 0.6) is 0 Å². The molecule has 0 bridgehead atoms. The molecule has 132 valence electrons. The summed E-state index contributed by atoms with van der Waals surface area (Å²) in [7, 11) is 0. The Morgan fingerprint density at radius 2 is 1.88 bits per heavy atom. The van der Waals surface area contributed by atoms with Gasteiger partial charge >= 0.3 is 0 Å². The fourth-order valence-corrected chi connectivity index (χ4v) is 3.23. The van der Waals surface area contributed by atoms with E-state index in [1.165, 1.54) is 18.2 Å². The Bertz CT molecular complexity index is 988. The van der Waals surface area contributed by atoms with Crippen LogP contribution in [0.4, 0.5) is 11.4 Å². The van der Waals surface area contributed by atoms with Gasteiger partial charge in [-0.15, -0.1) is 0 Å². The average molecular weight is 386 g/mol. The van der Waals surface area contributed by atoms with Crippen LogP contribution < -0.4 is 10.6 Å². The molecule has 0 amide bonds. The van der Waals surface area contributed by atoms with Crippen molar-refractivity contribution in [3.63, 3.8) is 0 Å². The molecule has 1 atom stereocenters. The molecular weight excluding hydrogens is 370 g/mol. The Morgan fingerprint density at radius 3 is 2.65 bits per heavy atom. The van der Waals surface area contributed by atoms with Crippen LogP contribution in [0.3, 0.4) is 0 Å². The van der Waals surface area contributed by atoms with Crippen molar-refractivity contribution in [1.82, 2.24) is 5.32 Å². The SMILES string of the molecule is C[C@@H](NC(=S)Nc1cc([N+](=O)[O-])ccc1Cl)c1cccc2ccccc12. The van der Waals surface area contributed by atoms with E-state index in [0.29, 0.717) is 15.8 Å². The van der Waals surface area contributed by atoms with Gasteiger partial charge in [0.15, 0.2) is 5.11 Å². The second-order valence-corrected chi connectivity index (χ2v) is 6.63. The zero-order chi connectivity index (χ0) is 18.7. The highest BCUT2D eigenvalue weighted by atomic mass is 35.5. The number of hydrogen-bond acceptors (Lipinski definition) is 3. The van der Waals surface area contributed by atoms with Crippen LogP contribution in [0.2, 0.25) is 5.02 Å². The maximum absolute atomic E-state index is 10.9. The molecule has 0 radical (unpaired) electrons. The number of nitrogens with one attached hydrogen (secondary N) is 2. The number of hydrogen-bond donors (Lipinski definition) is 2. The lowest BCUT2D eigenvalue weighted by molar-refractivity contribution is -0.384. The Labute approximate surface area is 161 Å². The number of rotatable bonds is 4. The second kappa shape index (κ2) is 7.68. The van der Waals surface area contributed by atoms with E-state index in [2.05, 4.69) is 28.8 Å². The molecule has 0 saturated heterocycles. The largest absolute Gasteiger partial charge is 0.356 e. The van der Waals surface area contributed by atoms with Gasteiger partial charge in [0.05, 0.1) is 21.7 Å². The van der Waals surface area contributed by atoms with Crippen molar-refractivity contribution >= 4 is 51.1 Å². The van der Waals surface area contributed by atoms with E-state index >= 15 is 0 Å². The molecule has 7 heteroatoms. The van der Waals surface area contributed by atoms with Gasteiger partial charge in [0.25, 0.3) is 5.69 Å². The number of nitro benzene ring substituents is 1. The first-order valence-corrected chi connectivity index (χ1v) is 8.73. The minimum Gasteiger partial charge on any atom is -0.356 e. The summed E-state index contributed by atoms with van der Waals surface area (Å²) in [5, 5.41) is 20.1. The summed E-state index contributed by atoms with van der Waals surface area (Å²) in [6.07, 6.45) is 0. The Balaban J connectivity index is 1.78. The van der Waals surface area contributed by atoms with Crippen LogP contribution in [0, 0.1) is 10.1 Å². The number of fused-ring (bicyclic) bond motifs is 1. The van der Waals surface area contributed by atoms with E-state index in [4.69, 9.17) is 23.8 Å². The third-order valence-electron chi connectivity index (χ3n) is 4.05. The molecule has 26 heavy (non-hydrogen) atoms. The molecule has 0 saturated carbocycles. The van der Waals surface area contributed by atoms with Gasteiger partial charge in [0, 0.05) is 12.1 Å². The highest BCUT2D eigenvalue weighted by Crippen LogP contribution is 2.27. The fourth-order valence-electron chi connectivity index (χ4n) is 2.78. The van der Waals surface area contributed by atoms with Crippen molar-refractivity contribution in [3.8, 4) is 0 Å². The summed E-state index contributed by atoms with van der Waals surface area (Å²) in [4.78, 5) is 10.4. The van der Waals surface area contributed by atoms with Crippen molar-refractivity contribution in [3.05, 3.63) is 81.4 Å². The van der Waals surface area contributed by atoms with Gasteiger partial charge in [-0.1, -0.05) is 54.1 Å². The van der Waals surface area contributed by atoms with Gasteiger partial charge < -0.3 is 10.6 Å². The molecule has 0 aliphatic rings. The van der Waals surface area contributed by atoms with Gasteiger partial charge in [-0.3, -0.25) is 10.1 Å². The molecule has 0 fully saturated rings. The first-order chi connectivity index (χ1) is 12.5. The monoisotopic (exact) mass is 385 g/mol. The number of anilines is 1. The highest BCUT2D eigenvalue weighted by Gasteiger charge is 2.13. The topological polar surface area (TPSA) is 67.2 Å². The predicted octanol–water partition coefficient (Wildman–Crippen LogP) is 5.45. The van der Waals surface area contributed by atoms with Crippen molar-refractivity contribution in [2.45, 2.75) is 13.0 Å². The number of nitrogens with zero attached hydrogens (tertiary/aromatic N) is 1. The van der Waals surface area contributed by atoms with Crippen LogP contribution in [-0.2, 0) is 0 Å². The maximum Gasteiger partial charge on any atom is 0.271 e. The summed E-state index contributed by atoms with van der Waals surface area (Å²) in [5.74, 6) is 0. The molecule has 0 heterocycles. The van der Waals surface area contributed by atoms with E-state index in [1.54, 1.807) is 0 Å². The quantitative estimate of drug-likeness (QED) is 0.355. The minimum absolute atomic E-state index is 0.0539. The van der Waals surface area contributed by atoms with Crippen molar-refractivity contribution in [1.29, 1.82) is 0 Å². The Morgan fingerprint density at radius 1 is 1.15 bits per heavy atom. The molecule has 0 aliphatic heterocycles. The summed E-state index contributed by atoms with van der Waals surface area (Å²) in [6.45, 7) is 2.00. The number of non-ortho nitro benzene ring substituents is 1. The van der Waals surface area contributed by atoms with Crippen LogP contribution in [0.1, 0.15) is 18.5 Å². The molecule has 0 spiro atoms. The third kappa shape index (κ3) is 3.92. The van der Waals surface area contributed by atoms with Crippen molar-refractivity contribution in [2.75, 3.05) is 5.32 Å². The molecular formula is C19H16ClN3O2S. The first kappa shape index (κ1) is 18.1. The van der Waals surface area contributed by atoms with Crippen LogP contribution in [-0.4, -0.2) is 10.0 Å². The van der Waals surface area contributed by atoms with E-state index in [1.807, 2.05) is 31.2 Å². The molecule has 2 N–H and O–H groups in total. The zero-order valence-corrected chi connectivity index (χ0v) is 15.5. The van der Waals surface area contributed by atoms with Gasteiger partial charge in [0.1, 0.15) is 0 Å². The summed E-state index contributed by atoms with van der Waals surface area (Å²) < 4.78 is 0. The zero-order valence-electron chi connectivity index (χ0n) is 13.9. The lowest BCUT2D eigenvalue weighted by atomic mass is 10.00. The first-order valence-electron chi connectivity index (χ1n) is 7.95. The van der Waals surface area contributed by atoms with Crippen LogP contribution in [0.15, 0.2) is 60.7 Å². The number of benzene rings is 3. The standard InChI is InChI=1S/C19H16ClN3O2S/c1-12(15-8-4-6-13-5-2-3-7-16(13)15)21-19(26)22-18-11-14(23(24)25)9-10-17(18)20/h2-12H,1H3,(H2,21,22,26)/t12-/m1/s1. The second-order valence-electron chi connectivity index (χ2n) is 5.81. The van der Waals surface area contributed by atoms with E-state index in [0.717, 1.165) is 16.3 Å². The lowest BCUT2D eigenvalue weighted by Crippen LogP contribution is -2.31. The smallest absolute Gasteiger partial charge is 0.271 e. The number of nitro groups is 1. The lowest BCUT2D eigenvalue weighted by Gasteiger charge is -2.19. The summed E-state index contributed by atoms with van der Waals surface area (Å²) in [6, 6.07) is 18.4. The van der Waals surface area contributed by atoms with Crippen molar-refractivity contribution in [2.24, 2.45) is 0 Å². The molecule has 0 aromatic heterocycles. The minimum atomic E-state index is -0.475.